The molecule has 0 saturated heterocycles. The number of ether oxygens (including phenoxy) is 1. The quantitative estimate of drug-likeness (QED) is 0.369. The number of hydrogen-bond acceptors (Lipinski definition) is 5. The predicted octanol–water partition coefficient (Wildman–Crippen LogP) is 2.13. The monoisotopic (exact) mass is 275 g/mol. The first kappa shape index (κ1) is 13.7. The van der Waals surface area contributed by atoms with Gasteiger partial charge in [-0.05, 0) is 26.0 Å². The number of fused-ring (bicyclic) bond motifs is 1. The second-order valence-corrected chi connectivity index (χ2v) is 4.04. The molecule has 0 spiro atoms. The van der Waals surface area contributed by atoms with E-state index in [0.717, 1.165) is 0 Å². The highest BCUT2D eigenvalue weighted by Gasteiger charge is 2.11. The lowest BCUT2D eigenvalue weighted by Gasteiger charge is -1.96. The average molecular weight is 275 g/mol. The Balaban J connectivity index is 2.39. The van der Waals surface area contributed by atoms with E-state index in [2.05, 4.69) is 4.98 Å². The summed E-state index contributed by atoms with van der Waals surface area (Å²) in [6.45, 7) is 3.80. The smallest absolute Gasteiger partial charge is 0.330 e. The molecule has 0 aliphatic heterocycles. The molecule has 0 unspecified atom stereocenters. The molecule has 0 aliphatic rings. The summed E-state index contributed by atoms with van der Waals surface area (Å²) < 4.78 is 6.39. The molecule has 0 atom stereocenters. The van der Waals surface area contributed by atoms with E-state index in [1.807, 2.05) is 0 Å². The number of rotatable bonds is 4. The zero-order chi connectivity index (χ0) is 14.7. The van der Waals surface area contributed by atoms with Crippen molar-refractivity contribution in [3.63, 3.8) is 0 Å². The highest BCUT2D eigenvalue weighted by molar-refractivity contribution is 5.87. The summed E-state index contributed by atoms with van der Waals surface area (Å²) in [5, 5.41) is 10.7. The first-order valence-corrected chi connectivity index (χ1v) is 6.01. The fourth-order valence-electron chi connectivity index (χ4n) is 1.77. The van der Waals surface area contributed by atoms with Crippen LogP contribution in [0.2, 0.25) is 0 Å². The van der Waals surface area contributed by atoms with Crippen LogP contribution in [-0.2, 0) is 9.53 Å². The molecule has 0 saturated carbocycles. The average Bonchev–Trinajstić information content (AvgIpc) is 2.73. The number of imidazole rings is 1. The van der Waals surface area contributed by atoms with Gasteiger partial charge in [-0.25, -0.2) is 9.78 Å². The van der Waals surface area contributed by atoms with E-state index >= 15 is 0 Å². The SMILES string of the molecule is CCOC(=O)C=Cc1nc2ccc([N+](=O)[O-])cn2c1C. The normalized spacial score (nSPS) is 11.1. The molecule has 0 bridgehead atoms. The molecule has 0 radical (unpaired) electrons. The minimum atomic E-state index is -0.465. The summed E-state index contributed by atoms with van der Waals surface area (Å²) in [4.78, 5) is 25.8. The van der Waals surface area contributed by atoms with Crippen molar-refractivity contribution in [2.24, 2.45) is 0 Å². The van der Waals surface area contributed by atoms with Crippen molar-refractivity contribution in [1.29, 1.82) is 0 Å². The standard InChI is InChI=1S/C13H13N3O4/c1-3-20-13(17)7-5-11-9(2)15-8-10(16(18)19)4-6-12(15)14-11/h4-8H,3H2,1-2H3. The molecule has 7 nitrogen and oxygen atoms in total. The van der Waals surface area contributed by atoms with Crippen molar-refractivity contribution in [1.82, 2.24) is 9.38 Å². The van der Waals surface area contributed by atoms with Crippen LogP contribution in [0.5, 0.6) is 0 Å². The van der Waals surface area contributed by atoms with Gasteiger partial charge >= 0.3 is 5.97 Å². The Morgan fingerprint density at radius 3 is 2.95 bits per heavy atom. The van der Waals surface area contributed by atoms with Crippen LogP contribution in [0.25, 0.3) is 11.7 Å². The van der Waals surface area contributed by atoms with Crippen LogP contribution in [0.3, 0.4) is 0 Å². The number of nitro groups is 1. The van der Waals surface area contributed by atoms with Gasteiger partial charge in [0.2, 0.25) is 0 Å². The van der Waals surface area contributed by atoms with E-state index in [-0.39, 0.29) is 5.69 Å². The number of carbonyl (C=O) groups is 1. The van der Waals surface area contributed by atoms with Gasteiger partial charge in [0.1, 0.15) is 5.65 Å². The number of aryl methyl sites for hydroxylation is 1. The maximum atomic E-state index is 11.3. The summed E-state index contributed by atoms with van der Waals surface area (Å²) in [7, 11) is 0. The Labute approximate surface area is 114 Å². The Kier molecular flexibility index (Phi) is 3.79. The third kappa shape index (κ3) is 2.66. The topological polar surface area (TPSA) is 86.7 Å². The zero-order valence-electron chi connectivity index (χ0n) is 11.1. The molecule has 2 aromatic rings. The summed E-state index contributed by atoms with van der Waals surface area (Å²) in [5.74, 6) is -0.449. The summed E-state index contributed by atoms with van der Waals surface area (Å²) >= 11 is 0. The van der Waals surface area contributed by atoms with E-state index < -0.39 is 10.9 Å². The Bertz CT molecular complexity index is 703. The highest BCUT2D eigenvalue weighted by Crippen LogP contribution is 2.18. The van der Waals surface area contributed by atoms with Crippen LogP contribution < -0.4 is 0 Å². The van der Waals surface area contributed by atoms with E-state index in [0.29, 0.717) is 23.6 Å². The van der Waals surface area contributed by atoms with Gasteiger partial charge in [-0.15, -0.1) is 0 Å². The van der Waals surface area contributed by atoms with Crippen LogP contribution >= 0.6 is 0 Å². The van der Waals surface area contributed by atoms with Crippen LogP contribution in [0.1, 0.15) is 18.3 Å². The van der Waals surface area contributed by atoms with E-state index in [1.165, 1.54) is 24.4 Å². The van der Waals surface area contributed by atoms with E-state index in [9.17, 15) is 14.9 Å². The molecular weight excluding hydrogens is 262 g/mol. The molecule has 2 rings (SSSR count). The van der Waals surface area contributed by atoms with E-state index in [1.54, 1.807) is 24.3 Å². The maximum Gasteiger partial charge on any atom is 0.330 e. The number of nitrogens with zero attached hydrogens (tertiary/aromatic N) is 3. The summed E-state index contributed by atoms with van der Waals surface area (Å²) in [6, 6.07) is 2.95. The van der Waals surface area contributed by atoms with Crippen molar-refractivity contribution in [2.45, 2.75) is 13.8 Å². The van der Waals surface area contributed by atoms with Gasteiger partial charge in [-0.2, -0.15) is 0 Å². The largest absolute Gasteiger partial charge is 0.463 e. The maximum absolute atomic E-state index is 11.3. The fourth-order valence-corrected chi connectivity index (χ4v) is 1.77. The van der Waals surface area contributed by atoms with Gasteiger partial charge in [0.05, 0.1) is 23.4 Å². The van der Waals surface area contributed by atoms with Crippen LogP contribution in [0.15, 0.2) is 24.4 Å². The lowest BCUT2D eigenvalue weighted by atomic mass is 10.3. The second kappa shape index (κ2) is 5.52. The van der Waals surface area contributed by atoms with Gasteiger partial charge in [0.15, 0.2) is 0 Å². The van der Waals surface area contributed by atoms with Gasteiger partial charge < -0.3 is 4.74 Å². The first-order chi connectivity index (χ1) is 9.52. The molecule has 20 heavy (non-hydrogen) atoms. The molecule has 0 N–H and O–H groups in total. The third-order valence-electron chi connectivity index (χ3n) is 2.75. The van der Waals surface area contributed by atoms with Gasteiger partial charge in [-0.3, -0.25) is 14.5 Å². The summed E-state index contributed by atoms with van der Waals surface area (Å²) in [6.07, 6.45) is 4.22. The zero-order valence-corrected chi connectivity index (χ0v) is 11.1. The highest BCUT2D eigenvalue weighted by atomic mass is 16.6. The number of esters is 1. The van der Waals surface area contributed by atoms with Crippen molar-refractivity contribution in [3.8, 4) is 0 Å². The van der Waals surface area contributed by atoms with E-state index in [4.69, 9.17) is 4.74 Å². The molecule has 104 valence electrons. The van der Waals surface area contributed by atoms with Gasteiger partial charge in [-0.1, -0.05) is 0 Å². The fraction of sp³-hybridized carbons (Fsp3) is 0.231. The Hall–Kier alpha value is -2.70. The molecule has 0 aliphatic carbocycles. The summed E-state index contributed by atoms with van der Waals surface area (Å²) in [5.41, 5.74) is 1.85. The molecule has 7 heteroatoms. The Morgan fingerprint density at radius 2 is 2.30 bits per heavy atom. The molecular formula is C13H13N3O4. The van der Waals surface area contributed by atoms with Crippen molar-refractivity contribution in [2.75, 3.05) is 6.61 Å². The van der Waals surface area contributed by atoms with Crippen molar-refractivity contribution >= 4 is 23.4 Å². The lowest BCUT2D eigenvalue weighted by Crippen LogP contribution is -1.98. The van der Waals surface area contributed by atoms with Crippen molar-refractivity contribution < 1.29 is 14.5 Å². The third-order valence-corrected chi connectivity index (χ3v) is 2.75. The minimum Gasteiger partial charge on any atom is -0.463 e. The predicted molar refractivity (Wildman–Crippen MR) is 72.3 cm³/mol. The van der Waals surface area contributed by atoms with Crippen LogP contribution in [-0.4, -0.2) is 26.9 Å². The lowest BCUT2D eigenvalue weighted by molar-refractivity contribution is -0.385. The Morgan fingerprint density at radius 1 is 1.55 bits per heavy atom. The molecule has 2 aromatic heterocycles. The number of carbonyl (C=O) groups excluding carboxylic acids is 1. The first-order valence-electron chi connectivity index (χ1n) is 6.01. The number of hydrogen-bond donors (Lipinski definition) is 0. The second-order valence-electron chi connectivity index (χ2n) is 4.04. The molecule has 0 aromatic carbocycles. The minimum absolute atomic E-state index is 0.0149. The number of pyridine rings is 1. The van der Waals surface area contributed by atoms with Crippen LogP contribution in [0, 0.1) is 17.0 Å². The number of aromatic nitrogens is 2. The van der Waals surface area contributed by atoms with Gasteiger partial charge in [0, 0.05) is 17.8 Å². The molecule has 0 amide bonds. The van der Waals surface area contributed by atoms with Crippen LogP contribution in [0.4, 0.5) is 5.69 Å². The van der Waals surface area contributed by atoms with Crippen molar-refractivity contribution in [3.05, 3.63) is 45.9 Å². The van der Waals surface area contributed by atoms with Gasteiger partial charge in [0.25, 0.3) is 5.69 Å². The molecule has 0 fully saturated rings. The molecule has 2 heterocycles.